The molecular weight excluding hydrogens is 396 g/mol. The Hall–Kier alpha value is -3.74. The molecule has 0 amide bonds. The van der Waals surface area contributed by atoms with Crippen LogP contribution in [0, 0.1) is 0 Å². The normalized spacial score (nSPS) is 16.4. The fourth-order valence-electron chi connectivity index (χ4n) is 3.91. The molecule has 1 aromatic heterocycles. The van der Waals surface area contributed by atoms with Gasteiger partial charge in [-0.15, -0.1) is 0 Å². The summed E-state index contributed by atoms with van der Waals surface area (Å²) in [6, 6.07) is 12.5. The topological polar surface area (TPSA) is 82.8 Å². The number of fused-ring (bicyclic) bond motifs is 2. The van der Waals surface area contributed by atoms with Gasteiger partial charge >= 0.3 is 5.97 Å². The molecule has 2 aliphatic rings. The number of carbonyl (C=O) groups is 1. The van der Waals surface area contributed by atoms with Crippen LogP contribution >= 0.6 is 0 Å². The molecule has 2 heterocycles. The zero-order valence-corrected chi connectivity index (χ0v) is 17.1. The number of hydrogen-bond acceptors (Lipinski definition) is 5. The lowest BCUT2D eigenvalue weighted by atomic mass is 10.1. The largest absolute Gasteiger partial charge is 0.493 e. The summed E-state index contributed by atoms with van der Waals surface area (Å²) < 4.78 is 19.6. The Morgan fingerprint density at radius 2 is 2.16 bits per heavy atom. The standard InChI is InChI=1S/C24H22N2O5/c1-26-21-12-18(31-19-6-5-15-9-10-29-22(15)13-19)7-8-20(21)25-23(26)14-30-17-4-2-3-16(11-17)24(27)28/h2-8,11,13,18H,9-10,12,14H2,1H3,(H,27,28). The first-order chi connectivity index (χ1) is 15.1. The molecule has 2 aromatic carbocycles. The van der Waals surface area contributed by atoms with Crippen molar-refractivity contribution in [3.8, 4) is 17.2 Å². The number of ether oxygens (including phenoxy) is 3. The Morgan fingerprint density at radius 1 is 1.26 bits per heavy atom. The third kappa shape index (κ3) is 3.86. The summed E-state index contributed by atoms with van der Waals surface area (Å²) in [6.07, 6.45) is 5.54. The van der Waals surface area contributed by atoms with Crippen LogP contribution < -0.4 is 14.2 Å². The maximum Gasteiger partial charge on any atom is 0.335 e. The molecule has 7 heteroatoms. The van der Waals surface area contributed by atoms with E-state index in [1.54, 1.807) is 12.1 Å². The van der Waals surface area contributed by atoms with Crippen LogP contribution in [0.3, 0.4) is 0 Å². The first-order valence-corrected chi connectivity index (χ1v) is 10.2. The van der Waals surface area contributed by atoms with Gasteiger partial charge in [-0.2, -0.15) is 0 Å². The van der Waals surface area contributed by atoms with Crippen molar-refractivity contribution in [3.63, 3.8) is 0 Å². The van der Waals surface area contributed by atoms with Crippen LogP contribution in [-0.2, 0) is 26.5 Å². The molecule has 1 aliphatic heterocycles. The maximum absolute atomic E-state index is 11.1. The zero-order chi connectivity index (χ0) is 21.4. The van der Waals surface area contributed by atoms with Gasteiger partial charge in [0.25, 0.3) is 0 Å². The molecule has 5 rings (SSSR count). The zero-order valence-electron chi connectivity index (χ0n) is 17.1. The number of rotatable bonds is 6. The Morgan fingerprint density at radius 3 is 3.03 bits per heavy atom. The summed E-state index contributed by atoms with van der Waals surface area (Å²) in [7, 11) is 1.96. The van der Waals surface area contributed by atoms with Crippen molar-refractivity contribution < 1.29 is 24.1 Å². The van der Waals surface area contributed by atoms with E-state index < -0.39 is 5.97 Å². The molecule has 0 bridgehead atoms. The van der Waals surface area contributed by atoms with Crippen molar-refractivity contribution in [1.82, 2.24) is 9.55 Å². The Bertz CT molecular complexity index is 1180. The molecule has 0 spiro atoms. The number of hydrogen-bond donors (Lipinski definition) is 1. The average molecular weight is 418 g/mol. The van der Waals surface area contributed by atoms with Crippen LogP contribution in [0.25, 0.3) is 6.08 Å². The number of imidazole rings is 1. The van der Waals surface area contributed by atoms with Crippen molar-refractivity contribution in [1.29, 1.82) is 0 Å². The number of nitrogens with zero attached hydrogens (tertiary/aromatic N) is 2. The molecule has 1 N–H and O–H groups in total. The van der Waals surface area contributed by atoms with Gasteiger partial charge in [-0.3, -0.25) is 0 Å². The highest BCUT2D eigenvalue weighted by atomic mass is 16.5. The quantitative estimate of drug-likeness (QED) is 0.658. The smallest absolute Gasteiger partial charge is 0.335 e. The van der Waals surface area contributed by atoms with E-state index in [0.717, 1.165) is 41.7 Å². The van der Waals surface area contributed by atoms with Crippen LogP contribution in [0.4, 0.5) is 0 Å². The number of aromatic nitrogens is 2. The van der Waals surface area contributed by atoms with E-state index in [4.69, 9.17) is 19.3 Å². The van der Waals surface area contributed by atoms with Gasteiger partial charge in [0.1, 0.15) is 35.8 Å². The van der Waals surface area contributed by atoms with Crippen LogP contribution in [0.15, 0.2) is 48.5 Å². The van der Waals surface area contributed by atoms with Gasteiger partial charge in [0.05, 0.1) is 17.9 Å². The van der Waals surface area contributed by atoms with Crippen molar-refractivity contribution >= 4 is 12.0 Å². The molecule has 0 saturated heterocycles. The number of benzene rings is 2. The predicted molar refractivity (Wildman–Crippen MR) is 114 cm³/mol. The maximum atomic E-state index is 11.1. The molecule has 31 heavy (non-hydrogen) atoms. The monoisotopic (exact) mass is 418 g/mol. The summed E-state index contributed by atoms with van der Waals surface area (Å²) in [6.45, 7) is 0.972. The number of carboxylic acid groups (broad SMARTS) is 1. The minimum absolute atomic E-state index is 0.0941. The van der Waals surface area contributed by atoms with Gasteiger partial charge in [0, 0.05) is 31.6 Å². The molecule has 0 radical (unpaired) electrons. The lowest BCUT2D eigenvalue weighted by Gasteiger charge is -2.20. The third-order valence-corrected chi connectivity index (χ3v) is 5.60. The van der Waals surface area contributed by atoms with Gasteiger partial charge < -0.3 is 23.9 Å². The van der Waals surface area contributed by atoms with Crippen LogP contribution in [0.2, 0.25) is 0 Å². The SMILES string of the molecule is Cn1c(COc2cccc(C(=O)O)c2)nc2c1CC(Oc1ccc3c(c1)OCC3)C=C2. The van der Waals surface area contributed by atoms with E-state index in [2.05, 4.69) is 11.1 Å². The van der Waals surface area contributed by atoms with Crippen LogP contribution in [0.5, 0.6) is 17.2 Å². The molecule has 1 atom stereocenters. The van der Waals surface area contributed by atoms with Crippen LogP contribution in [-0.4, -0.2) is 33.3 Å². The third-order valence-electron chi connectivity index (χ3n) is 5.60. The highest BCUT2D eigenvalue weighted by molar-refractivity contribution is 5.88. The summed E-state index contributed by atoms with van der Waals surface area (Å²) in [4.78, 5) is 15.8. The number of carboxylic acids is 1. The summed E-state index contributed by atoms with van der Waals surface area (Å²) >= 11 is 0. The van der Waals surface area contributed by atoms with Crippen LogP contribution in [0.1, 0.15) is 33.1 Å². The van der Waals surface area contributed by atoms with E-state index >= 15 is 0 Å². The van der Waals surface area contributed by atoms with E-state index in [1.807, 2.05) is 35.9 Å². The van der Waals surface area contributed by atoms with Crippen molar-refractivity contribution in [2.45, 2.75) is 25.6 Å². The molecule has 0 saturated carbocycles. The van der Waals surface area contributed by atoms with Crippen molar-refractivity contribution in [2.75, 3.05) is 6.61 Å². The van der Waals surface area contributed by atoms with Crippen molar-refractivity contribution in [2.24, 2.45) is 7.05 Å². The summed E-state index contributed by atoms with van der Waals surface area (Å²) in [5.41, 5.74) is 3.39. The molecule has 158 valence electrons. The molecule has 3 aromatic rings. The lowest BCUT2D eigenvalue weighted by Crippen LogP contribution is -2.21. The first-order valence-electron chi connectivity index (χ1n) is 10.2. The highest BCUT2D eigenvalue weighted by Gasteiger charge is 2.22. The van der Waals surface area contributed by atoms with E-state index in [-0.39, 0.29) is 18.3 Å². The van der Waals surface area contributed by atoms with E-state index in [0.29, 0.717) is 12.2 Å². The predicted octanol–water partition coefficient (Wildman–Crippen LogP) is 3.65. The minimum atomic E-state index is -0.982. The molecular formula is C24H22N2O5. The molecule has 1 unspecified atom stereocenters. The second kappa shape index (κ2) is 7.83. The highest BCUT2D eigenvalue weighted by Crippen LogP contribution is 2.31. The fraction of sp³-hybridized carbons (Fsp3) is 0.250. The second-order valence-corrected chi connectivity index (χ2v) is 7.63. The summed E-state index contributed by atoms with van der Waals surface area (Å²) in [5.74, 6) is 1.98. The lowest BCUT2D eigenvalue weighted by molar-refractivity contribution is 0.0696. The van der Waals surface area contributed by atoms with E-state index in [1.165, 1.54) is 17.7 Å². The van der Waals surface area contributed by atoms with Gasteiger partial charge in [0.2, 0.25) is 0 Å². The van der Waals surface area contributed by atoms with E-state index in [9.17, 15) is 4.79 Å². The fourth-order valence-corrected chi connectivity index (χ4v) is 3.91. The minimum Gasteiger partial charge on any atom is -0.493 e. The van der Waals surface area contributed by atoms with Gasteiger partial charge in [0.15, 0.2) is 0 Å². The molecule has 0 fully saturated rings. The first kappa shape index (κ1) is 19.2. The Balaban J connectivity index is 1.27. The second-order valence-electron chi connectivity index (χ2n) is 7.63. The van der Waals surface area contributed by atoms with Gasteiger partial charge in [-0.05, 0) is 42.0 Å². The van der Waals surface area contributed by atoms with Gasteiger partial charge in [-0.1, -0.05) is 12.1 Å². The van der Waals surface area contributed by atoms with Gasteiger partial charge in [-0.25, -0.2) is 9.78 Å². The Kier molecular flexibility index (Phi) is 4.86. The summed E-state index contributed by atoms with van der Waals surface area (Å²) in [5, 5.41) is 9.13. The van der Waals surface area contributed by atoms with Crippen molar-refractivity contribution in [3.05, 3.63) is 76.9 Å². The number of aromatic carboxylic acids is 1. The Labute approximate surface area is 179 Å². The molecule has 1 aliphatic carbocycles. The average Bonchev–Trinajstić information content (AvgIpc) is 3.36. The molecule has 7 nitrogen and oxygen atoms in total.